The van der Waals surface area contributed by atoms with E-state index in [0.717, 1.165) is 37.8 Å². The van der Waals surface area contributed by atoms with Gasteiger partial charge in [0.05, 0.1) is 22.9 Å². The number of nitrogens with zero attached hydrogens (tertiary/aromatic N) is 3. The number of hydrogen-bond acceptors (Lipinski definition) is 5. The van der Waals surface area contributed by atoms with Crippen LogP contribution in [0.2, 0.25) is 0 Å². The number of halogens is 4. The SMILES string of the molecule is C[C@@H]1CCN(c2ncc(C(=O)Nc3ccc([S+]([O-])C(F)(F)F)cc3)cc2-c2cncc(F)c2)C1. The first-order valence-corrected chi connectivity index (χ1v) is 11.5. The van der Waals surface area contributed by atoms with Crippen molar-refractivity contribution in [2.24, 2.45) is 5.92 Å². The predicted molar refractivity (Wildman–Crippen MR) is 120 cm³/mol. The Morgan fingerprint density at radius 2 is 1.91 bits per heavy atom. The normalized spacial score (nSPS) is 17.0. The number of rotatable bonds is 5. The summed E-state index contributed by atoms with van der Waals surface area (Å²) in [6, 6.07) is 7.46. The highest BCUT2D eigenvalue weighted by Gasteiger charge is 2.46. The minimum atomic E-state index is -4.87. The number of carbonyl (C=O) groups is 1. The topological polar surface area (TPSA) is 81.2 Å². The number of aromatic nitrogens is 2. The van der Waals surface area contributed by atoms with E-state index in [1.54, 1.807) is 6.07 Å². The molecule has 2 aromatic heterocycles. The van der Waals surface area contributed by atoms with Crippen molar-refractivity contribution >= 4 is 28.6 Å². The lowest BCUT2D eigenvalue weighted by Crippen LogP contribution is -2.23. The monoisotopic (exact) mass is 492 g/mol. The molecule has 3 aromatic rings. The van der Waals surface area contributed by atoms with Gasteiger partial charge in [-0.05, 0) is 48.7 Å². The highest BCUT2D eigenvalue weighted by atomic mass is 32.2. The maximum Gasteiger partial charge on any atom is 0.578 e. The molecule has 0 aliphatic carbocycles. The van der Waals surface area contributed by atoms with Crippen LogP contribution < -0.4 is 10.2 Å². The third-order valence-electron chi connectivity index (χ3n) is 5.40. The van der Waals surface area contributed by atoms with Gasteiger partial charge in [-0.15, -0.1) is 13.2 Å². The van der Waals surface area contributed by atoms with Crippen LogP contribution in [-0.4, -0.2) is 39.0 Å². The molecule has 0 spiro atoms. The van der Waals surface area contributed by atoms with Crippen molar-refractivity contribution in [1.29, 1.82) is 0 Å². The van der Waals surface area contributed by atoms with Crippen molar-refractivity contribution < 1.29 is 26.9 Å². The fraction of sp³-hybridized carbons (Fsp3) is 0.261. The van der Waals surface area contributed by atoms with Gasteiger partial charge in [0.25, 0.3) is 5.91 Å². The second kappa shape index (κ2) is 9.59. The molecule has 3 heterocycles. The number of carbonyl (C=O) groups excluding carboxylic acids is 1. The quantitative estimate of drug-likeness (QED) is 0.400. The fourth-order valence-corrected chi connectivity index (χ4v) is 4.38. The highest BCUT2D eigenvalue weighted by molar-refractivity contribution is 7.92. The van der Waals surface area contributed by atoms with Gasteiger partial charge in [0.15, 0.2) is 4.90 Å². The van der Waals surface area contributed by atoms with E-state index in [1.165, 1.54) is 30.6 Å². The van der Waals surface area contributed by atoms with Gasteiger partial charge < -0.3 is 14.8 Å². The third kappa shape index (κ3) is 5.31. The van der Waals surface area contributed by atoms with Crippen molar-refractivity contribution in [3.8, 4) is 11.1 Å². The van der Waals surface area contributed by atoms with Crippen molar-refractivity contribution in [3.63, 3.8) is 0 Å². The van der Waals surface area contributed by atoms with Crippen molar-refractivity contribution in [1.82, 2.24) is 9.97 Å². The summed E-state index contributed by atoms with van der Waals surface area (Å²) in [5.74, 6) is 0.0127. The van der Waals surface area contributed by atoms with E-state index in [2.05, 4.69) is 27.1 Å². The van der Waals surface area contributed by atoms with Crippen LogP contribution in [0.25, 0.3) is 11.1 Å². The van der Waals surface area contributed by atoms with E-state index in [9.17, 15) is 26.9 Å². The minimum absolute atomic E-state index is 0.179. The Morgan fingerprint density at radius 1 is 1.18 bits per heavy atom. The molecule has 1 N–H and O–H groups in total. The summed E-state index contributed by atoms with van der Waals surface area (Å²) < 4.78 is 63.2. The Bertz CT molecular complexity index is 1190. The average molecular weight is 492 g/mol. The molecule has 4 rings (SSSR count). The van der Waals surface area contributed by atoms with E-state index in [-0.39, 0.29) is 11.3 Å². The van der Waals surface area contributed by atoms with Crippen molar-refractivity contribution in [3.05, 3.63) is 66.4 Å². The maximum absolute atomic E-state index is 13.9. The maximum atomic E-state index is 13.9. The molecule has 1 saturated heterocycles. The fourth-order valence-electron chi connectivity index (χ4n) is 3.73. The van der Waals surface area contributed by atoms with Crippen LogP contribution in [0.15, 0.2) is 59.9 Å². The Hall–Kier alpha value is -3.18. The molecule has 1 fully saturated rings. The van der Waals surface area contributed by atoms with Crippen LogP contribution in [0.1, 0.15) is 23.7 Å². The van der Waals surface area contributed by atoms with Gasteiger partial charge in [0.1, 0.15) is 11.6 Å². The molecule has 2 atom stereocenters. The molecule has 1 aliphatic heterocycles. The molecular formula is C23H20F4N4O2S. The zero-order valence-electron chi connectivity index (χ0n) is 18.0. The minimum Gasteiger partial charge on any atom is -0.604 e. The molecule has 11 heteroatoms. The lowest BCUT2D eigenvalue weighted by Gasteiger charge is -2.21. The molecule has 178 valence electrons. The standard InChI is InChI=1S/C23H20F4N4O2S/c1-14-6-7-31(13-14)21-20(15-8-17(24)12-28-10-15)9-16(11-29-21)22(32)30-18-2-4-19(5-3-18)34(33)23(25,26)27/h2-5,8-12,14H,6-7,13H2,1H3,(H,30,32)/t14-,34?/m1/s1. The number of hydrogen-bond donors (Lipinski definition) is 1. The summed E-state index contributed by atoms with van der Waals surface area (Å²) in [6.07, 6.45) is 4.96. The first kappa shape index (κ1) is 24.0. The van der Waals surface area contributed by atoms with E-state index in [1.807, 2.05) is 0 Å². The molecule has 0 saturated carbocycles. The van der Waals surface area contributed by atoms with Gasteiger partial charge in [-0.25, -0.2) is 9.37 Å². The Balaban J connectivity index is 1.60. The number of nitrogens with one attached hydrogen (secondary N) is 1. The first-order valence-electron chi connectivity index (χ1n) is 10.4. The van der Waals surface area contributed by atoms with Crippen LogP contribution in [-0.2, 0) is 11.2 Å². The predicted octanol–water partition coefficient (Wildman–Crippen LogP) is 5.01. The average Bonchev–Trinajstić information content (AvgIpc) is 3.24. The lowest BCUT2D eigenvalue weighted by atomic mass is 10.1. The highest BCUT2D eigenvalue weighted by Crippen LogP contribution is 2.34. The molecule has 1 amide bonds. The second-order valence-corrected chi connectivity index (χ2v) is 9.49. The van der Waals surface area contributed by atoms with E-state index in [0.29, 0.717) is 22.9 Å². The zero-order chi connectivity index (χ0) is 24.5. The van der Waals surface area contributed by atoms with Crippen molar-refractivity contribution in [2.75, 3.05) is 23.3 Å². The number of pyridine rings is 2. The molecule has 0 bridgehead atoms. The summed E-state index contributed by atoms with van der Waals surface area (Å²) in [6.45, 7) is 3.68. The van der Waals surface area contributed by atoms with E-state index in [4.69, 9.17) is 0 Å². The third-order valence-corrected chi connectivity index (χ3v) is 6.53. The molecule has 1 aromatic carbocycles. The Labute approximate surface area is 196 Å². The molecule has 6 nitrogen and oxygen atoms in total. The van der Waals surface area contributed by atoms with E-state index < -0.39 is 33.3 Å². The molecule has 1 unspecified atom stereocenters. The Kier molecular flexibility index (Phi) is 6.76. The summed E-state index contributed by atoms with van der Waals surface area (Å²) in [4.78, 5) is 22.9. The van der Waals surface area contributed by atoms with Crippen LogP contribution in [0.5, 0.6) is 0 Å². The zero-order valence-corrected chi connectivity index (χ0v) is 18.8. The van der Waals surface area contributed by atoms with Crippen LogP contribution in [0.3, 0.4) is 0 Å². The van der Waals surface area contributed by atoms with Gasteiger partial charge in [0, 0.05) is 42.3 Å². The van der Waals surface area contributed by atoms with Crippen LogP contribution in [0.4, 0.5) is 29.1 Å². The van der Waals surface area contributed by atoms with Gasteiger partial charge in [-0.2, -0.15) is 0 Å². The first-order chi connectivity index (χ1) is 16.1. The van der Waals surface area contributed by atoms with Crippen LogP contribution >= 0.6 is 0 Å². The molecule has 1 aliphatic rings. The number of alkyl halides is 3. The van der Waals surface area contributed by atoms with Gasteiger partial charge in [-0.1, -0.05) is 6.92 Å². The second-order valence-electron chi connectivity index (χ2n) is 8.02. The van der Waals surface area contributed by atoms with Gasteiger partial charge in [0.2, 0.25) is 0 Å². The summed E-state index contributed by atoms with van der Waals surface area (Å²) in [5, 5.41) is 2.59. The molecular weight excluding hydrogens is 472 g/mol. The lowest BCUT2D eigenvalue weighted by molar-refractivity contribution is -0.0435. The van der Waals surface area contributed by atoms with Crippen LogP contribution in [0, 0.1) is 11.7 Å². The summed E-state index contributed by atoms with van der Waals surface area (Å²) >= 11 is -3.15. The van der Waals surface area contributed by atoms with E-state index >= 15 is 0 Å². The summed E-state index contributed by atoms with van der Waals surface area (Å²) in [5.41, 5.74) is -3.45. The summed E-state index contributed by atoms with van der Waals surface area (Å²) in [7, 11) is 0. The molecule has 34 heavy (non-hydrogen) atoms. The Morgan fingerprint density at radius 3 is 2.53 bits per heavy atom. The number of amides is 1. The largest absolute Gasteiger partial charge is 0.604 e. The van der Waals surface area contributed by atoms with Crippen molar-refractivity contribution in [2.45, 2.75) is 23.7 Å². The number of anilines is 2. The smallest absolute Gasteiger partial charge is 0.578 e. The van der Waals surface area contributed by atoms with Gasteiger partial charge in [-0.3, -0.25) is 9.78 Å². The molecule has 0 radical (unpaired) electrons. The van der Waals surface area contributed by atoms with Gasteiger partial charge >= 0.3 is 5.51 Å². The number of benzene rings is 1.